The van der Waals surface area contributed by atoms with Crippen molar-refractivity contribution in [2.75, 3.05) is 37.2 Å². The van der Waals surface area contributed by atoms with E-state index in [4.69, 9.17) is 9.47 Å². The van der Waals surface area contributed by atoms with Crippen LogP contribution in [0.5, 0.6) is 0 Å². The Morgan fingerprint density at radius 1 is 0.730 bits per heavy atom. The zero-order valence-corrected chi connectivity index (χ0v) is 22.1. The van der Waals surface area contributed by atoms with Gasteiger partial charge in [0.25, 0.3) is 0 Å². The molecule has 0 spiro atoms. The number of ether oxygens (including phenoxy) is 2. The van der Waals surface area contributed by atoms with Gasteiger partial charge in [-0.25, -0.2) is 0 Å². The molecule has 0 unspecified atom stereocenters. The number of methoxy groups -OCH3 is 2. The lowest BCUT2D eigenvalue weighted by Crippen LogP contribution is -2.27. The fraction of sp³-hybridized carbons (Fsp3) is 0.250. The fourth-order valence-electron chi connectivity index (χ4n) is 4.77. The molecule has 0 saturated carbocycles. The minimum atomic E-state index is 0.177. The first-order chi connectivity index (χ1) is 18.0. The van der Waals surface area contributed by atoms with Gasteiger partial charge in [0.15, 0.2) is 11.6 Å². The first-order valence-electron chi connectivity index (χ1n) is 12.6. The summed E-state index contributed by atoms with van der Waals surface area (Å²) in [6, 6.07) is 22.6. The van der Waals surface area contributed by atoms with E-state index in [1.165, 1.54) is 0 Å². The van der Waals surface area contributed by atoms with E-state index in [0.717, 1.165) is 52.0 Å². The number of nitrogens with zero attached hydrogens (tertiary/aromatic N) is 2. The summed E-state index contributed by atoms with van der Waals surface area (Å²) in [5.41, 5.74) is 7.71. The van der Waals surface area contributed by atoms with E-state index in [9.17, 15) is 5.11 Å². The fourth-order valence-corrected chi connectivity index (χ4v) is 4.77. The predicted molar refractivity (Wildman–Crippen MR) is 153 cm³/mol. The molecule has 4 rings (SSSR count). The SMILES string of the molecule is COCCc1cccc(C)c1N1C=CN(c2c(C)cccc2CCOC)C1=C(O)/C=C/c1ccccc1. The van der Waals surface area contributed by atoms with Gasteiger partial charge in [-0.1, -0.05) is 72.8 Å². The highest BCUT2D eigenvalue weighted by molar-refractivity contribution is 5.77. The maximum absolute atomic E-state index is 11.6. The van der Waals surface area contributed by atoms with Crippen LogP contribution in [0.1, 0.15) is 27.8 Å². The third-order valence-electron chi connectivity index (χ3n) is 6.56. The summed E-state index contributed by atoms with van der Waals surface area (Å²) in [5, 5.41) is 11.6. The van der Waals surface area contributed by atoms with E-state index in [0.29, 0.717) is 19.0 Å². The van der Waals surface area contributed by atoms with Gasteiger partial charge in [-0.2, -0.15) is 0 Å². The van der Waals surface area contributed by atoms with Crippen molar-refractivity contribution in [3.63, 3.8) is 0 Å². The Kier molecular flexibility index (Phi) is 8.83. The van der Waals surface area contributed by atoms with Gasteiger partial charge in [0.2, 0.25) is 0 Å². The van der Waals surface area contributed by atoms with Crippen molar-refractivity contribution in [3.8, 4) is 0 Å². The Hall–Kier alpha value is -3.80. The van der Waals surface area contributed by atoms with Gasteiger partial charge in [-0.15, -0.1) is 0 Å². The van der Waals surface area contributed by atoms with Crippen LogP contribution in [-0.4, -0.2) is 32.5 Å². The molecule has 5 nitrogen and oxygen atoms in total. The van der Waals surface area contributed by atoms with Crippen molar-refractivity contribution in [2.45, 2.75) is 26.7 Å². The Bertz CT molecular complexity index is 1230. The highest BCUT2D eigenvalue weighted by atomic mass is 16.5. The molecule has 0 fully saturated rings. The number of hydrogen-bond acceptors (Lipinski definition) is 5. The second kappa shape index (κ2) is 12.4. The summed E-state index contributed by atoms with van der Waals surface area (Å²) < 4.78 is 10.8. The summed E-state index contributed by atoms with van der Waals surface area (Å²) in [4.78, 5) is 4.19. The minimum Gasteiger partial charge on any atom is -0.504 e. The lowest BCUT2D eigenvalue weighted by molar-refractivity contribution is 0.202. The first kappa shape index (κ1) is 26.3. The standard InChI is InChI=1S/C32H36N2O3/c1-24-10-8-14-27(18-22-36-3)30(24)33-20-21-34(31-25(2)11-9-15-28(31)19-23-37-4)32(33)29(35)17-16-26-12-6-5-7-13-26/h5-17,20-21,35H,18-19,22-23H2,1-4H3/b17-16+. The molecule has 0 radical (unpaired) electrons. The van der Waals surface area contributed by atoms with E-state index in [1.807, 2.05) is 48.8 Å². The highest BCUT2D eigenvalue weighted by Gasteiger charge is 2.30. The number of allylic oxidation sites excluding steroid dienone is 1. The lowest BCUT2D eigenvalue weighted by atomic mass is 10.0. The van der Waals surface area contributed by atoms with Crippen molar-refractivity contribution in [2.24, 2.45) is 0 Å². The number of rotatable bonds is 10. The van der Waals surface area contributed by atoms with Crippen LogP contribution in [0.2, 0.25) is 0 Å². The third kappa shape index (κ3) is 5.96. The number of anilines is 2. The van der Waals surface area contributed by atoms with Gasteiger partial charge >= 0.3 is 0 Å². The molecule has 0 aromatic heterocycles. The molecule has 1 N–H and O–H groups in total. The monoisotopic (exact) mass is 496 g/mol. The molecule has 0 aliphatic carbocycles. The van der Waals surface area contributed by atoms with Crippen LogP contribution in [-0.2, 0) is 22.3 Å². The Morgan fingerprint density at radius 3 is 1.73 bits per heavy atom. The summed E-state index contributed by atoms with van der Waals surface area (Å²) in [7, 11) is 3.44. The average molecular weight is 497 g/mol. The first-order valence-corrected chi connectivity index (χ1v) is 12.6. The quantitative estimate of drug-likeness (QED) is 0.309. The molecule has 0 bridgehead atoms. The van der Waals surface area contributed by atoms with Crippen LogP contribution < -0.4 is 9.80 Å². The maximum Gasteiger partial charge on any atom is 0.164 e. The highest BCUT2D eigenvalue weighted by Crippen LogP contribution is 2.39. The van der Waals surface area contributed by atoms with Crippen molar-refractivity contribution >= 4 is 17.5 Å². The second-order valence-corrected chi connectivity index (χ2v) is 9.14. The van der Waals surface area contributed by atoms with Crippen molar-refractivity contribution < 1.29 is 14.6 Å². The molecular formula is C32H36N2O3. The number of benzene rings is 3. The zero-order chi connectivity index (χ0) is 26.2. The molecular weight excluding hydrogens is 460 g/mol. The van der Waals surface area contributed by atoms with Crippen LogP contribution in [0.25, 0.3) is 6.08 Å². The van der Waals surface area contributed by atoms with Gasteiger partial charge < -0.3 is 14.6 Å². The van der Waals surface area contributed by atoms with Crippen molar-refractivity contribution in [1.29, 1.82) is 0 Å². The van der Waals surface area contributed by atoms with E-state index in [1.54, 1.807) is 20.3 Å². The molecule has 1 heterocycles. The van der Waals surface area contributed by atoms with Crippen LogP contribution in [0, 0.1) is 13.8 Å². The number of aryl methyl sites for hydroxylation is 2. The van der Waals surface area contributed by atoms with E-state index >= 15 is 0 Å². The smallest absolute Gasteiger partial charge is 0.164 e. The molecule has 3 aromatic rings. The predicted octanol–water partition coefficient (Wildman–Crippen LogP) is 6.92. The van der Waals surface area contributed by atoms with Crippen molar-refractivity contribution in [1.82, 2.24) is 0 Å². The van der Waals surface area contributed by atoms with Crippen LogP contribution in [0.15, 0.2) is 96.8 Å². The molecule has 5 heteroatoms. The Labute approximate surface area is 220 Å². The normalized spacial score (nSPS) is 13.2. The molecule has 37 heavy (non-hydrogen) atoms. The van der Waals surface area contributed by atoms with Gasteiger partial charge in [0.05, 0.1) is 24.6 Å². The Morgan fingerprint density at radius 2 is 1.24 bits per heavy atom. The number of aliphatic hydroxyl groups is 1. The van der Waals surface area contributed by atoms with Gasteiger partial charge in [0.1, 0.15) is 0 Å². The minimum absolute atomic E-state index is 0.177. The van der Waals surface area contributed by atoms with Crippen molar-refractivity contribution in [3.05, 3.63) is 125 Å². The molecule has 1 aliphatic heterocycles. The second-order valence-electron chi connectivity index (χ2n) is 9.14. The topological polar surface area (TPSA) is 45.2 Å². The average Bonchev–Trinajstić information content (AvgIpc) is 3.34. The maximum atomic E-state index is 11.6. The van der Waals surface area contributed by atoms with E-state index in [-0.39, 0.29) is 5.76 Å². The molecule has 1 aliphatic rings. The van der Waals surface area contributed by atoms with Crippen LogP contribution in [0.4, 0.5) is 11.4 Å². The summed E-state index contributed by atoms with van der Waals surface area (Å²) in [6.07, 6.45) is 9.33. The molecule has 0 atom stereocenters. The largest absolute Gasteiger partial charge is 0.504 e. The molecule has 0 saturated heterocycles. The summed E-state index contributed by atoms with van der Waals surface area (Å²) in [5.74, 6) is 0.865. The molecule has 3 aromatic carbocycles. The number of aliphatic hydroxyl groups excluding tert-OH is 1. The lowest BCUT2D eigenvalue weighted by Gasteiger charge is -2.30. The number of hydrogen-bond donors (Lipinski definition) is 1. The van der Waals surface area contributed by atoms with Crippen LogP contribution in [0.3, 0.4) is 0 Å². The van der Waals surface area contributed by atoms with Gasteiger partial charge in [0, 0.05) is 26.6 Å². The zero-order valence-electron chi connectivity index (χ0n) is 22.1. The van der Waals surface area contributed by atoms with Gasteiger partial charge in [-0.05, 0) is 60.6 Å². The number of para-hydroxylation sites is 2. The van der Waals surface area contributed by atoms with Gasteiger partial charge in [-0.3, -0.25) is 9.80 Å². The summed E-state index contributed by atoms with van der Waals surface area (Å²) >= 11 is 0. The third-order valence-corrected chi connectivity index (χ3v) is 6.56. The molecule has 192 valence electrons. The Balaban J connectivity index is 1.86. The van der Waals surface area contributed by atoms with E-state index < -0.39 is 0 Å². The van der Waals surface area contributed by atoms with Crippen LogP contribution >= 0.6 is 0 Å². The summed E-state index contributed by atoms with van der Waals surface area (Å²) in [6.45, 7) is 5.45. The van der Waals surface area contributed by atoms with E-state index in [2.05, 4.69) is 60.0 Å². The molecule has 0 amide bonds.